The Morgan fingerprint density at radius 3 is 2.05 bits per heavy atom. The standard InChI is InChI=1S/C14H20N2O.C2H6/c1-3-12-4-6-13(7-5-12)14(17)16-10-8-15(2)9-11-16;1-2/h4-7H,3,8-11H2,1-2H3;1-2H3. The molecule has 0 N–H and O–H groups in total. The molecular weight excluding hydrogens is 236 g/mol. The van der Waals surface area contributed by atoms with Gasteiger partial charge in [0.25, 0.3) is 5.91 Å². The fourth-order valence-electron chi connectivity index (χ4n) is 2.08. The second-order valence-electron chi connectivity index (χ2n) is 4.65. The highest BCUT2D eigenvalue weighted by molar-refractivity contribution is 5.94. The zero-order chi connectivity index (χ0) is 14.3. The molecule has 0 saturated carbocycles. The van der Waals surface area contributed by atoms with Crippen LogP contribution in [-0.4, -0.2) is 48.9 Å². The quantitative estimate of drug-likeness (QED) is 0.818. The Balaban J connectivity index is 0.000000861. The van der Waals surface area contributed by atoms with Crippen molar-refractivity contribution in [1.29, 1.82) is 0 Å². The van der Waals surface area contributed by atoms with E-state index in [1.54, 1.807) is 0 Å². The third kappa shape index (κ3) is 4.35. The Hall–Kier alpha value is -1.35. The summed E-state index contributed by atoms with van der Waals surface area (Å²) in [5.41, 5.74) is 2.09. The molecule has 1 heterocycles. The van der Waals surface area contributed by atoms with Crippen molar-refractivity contribution in [3.05, 3.63) is 35.4 Å². The monoisotopic (exact) mass is 262 g/mol. The van der Waals surface area contributed by atoms with Crippen LogP contribution < -0.4 is 0 Å². The van der Waals surface area contributed by atoms with Gasteiger partial charge in [0.1, 0.15) is 0 Å². The molecule has 0 spiro atoms. The average molecular weight is 262 g/mol. The highest BCUT2D eigenvalue weighted by atomic mass is 16.2. The summed E-state index contributed by atoms with van der Waals surface area (Å²) in [5, 5.41) is 0. The maximum absolute atomic E-state index is 12.2. The average Bonchev–Trinajstić information content (AvgIpc) is 2.49. The van der Waals surface area contributed by atoms with Crippen LogP contribution in [-0.2, 0) is 6.42 Å². The molecular formula is C16H26N2O. The van der Waals surface area contributed by atoms with E-state index in [9.17, 15) is 4.79 Å². The minimum atomic E-state index is 0.167. The number of carbonyl (C=O) groups is 1. The van der Waals surface area contributed by atoms with E-state index in [1.165, 1.54) is 5.56 Å². The lowest BCUT2D eigenvalue weighted by Crippen LogP contribution is -2.47. The van der Waals surface area contributed by atoms with E-state index >= 15 is 0 Å². The number of rotatable bonds is 2. The molecule has 106 valence electrons. The van der Waals surface area contributed by atoms with Crippen LogP contribution in [0.3, 0.4) is 0 Å². The van der Waals surface area contributed by atoms with Crippen LogP contribution in [0.15, 0.2) is 24.3 Å². The minimum absolute atomic E-state index is 0.167. The number of benzene rings is 1. The maximum atomic E-state index is 12.2. The lowest BCUT2D eigenvalue weighted by molar-refractivity contribution is 0.0664. The molecule has 3 heteroatoms. The molecule has 0 unspecified atom stereocenters. The molecule has 1 aliphatic heterocycles. The number of hydrogen-bond donors (Lipinski definition) is 0. The predicted octanol–water partition coefficient (Wildman–Crippen LogP) is 2.66. The van der Waals surface area contributed by atoms with Crippen molar-refractivity contribution in [2.75, 3.05) is 33.2 Å². The fourth-order valence-corrected chi connectivity index (χ4v) is 2.08. The van der Waals surface area contributed by atoms with Crippen LogP contribution in [0.4, 0.5) is 0 Å². The van der Waals surface area contributed by atoms with Gasteiger partial charge in [-0.1, -0.05) is 32.9 Å². The molecule has 0 aromatic heterocycles. The van der Waals surface area contributed by atoms with Gasteiger partial charge in [0.2, 0.25) is 0 Å². The summed E-state index contributed by atoms with van der Waals surface area (Å²) in [6.07, 6.45) is 1.02. The lowest BCUT2D eigenvalue weighted by atomic mass is 10.1. The molecule has 1 amide bonds. The number of carbonyl (C=O) groups excluding carboxylic acids is 1. The van der Waals surface area contributed by atoms with E-state index in [2.05, 4.69) is 18.9 Å². The van der Waals surface area contributed by atoms with Gasteiger partial charge in [-0.15, -0.1) is 0 Å². The fraction of sp³-hybridized carbons (Fsp3) is 0.562. The van der Waals surface area contributed by atoms with Crippen LogP contribution in [0.25, 0.3) is 0 Å². The van der Waals surface area contributed by atoms with E-state index in [-0.39, 0.29) is 5.91 Å². The summed E-state index contributed by atoms with van der Waals surface area (Å²) in [7, 11) is 2.10. The predicted molar refractivity (Wildman–Crippen MR) is 80.6 cm³/mol. The first kappa shape index (κ1) is 15.7. The molecule has 1 saturated heterocycles. The number of nitrogens with zero attached hydrogens (tertiary/aromatic N) is 2. The first-order valence-electron chi connectivity index (χ1n) is 7.27. The van der Waals surface area contributed by atoms with Gasteiger partial charge in [-0.25, -0.2) is 0 Å². The molecule has 0 atom stereocenters. The lowest BCUT2D eigenvalue weighted by Gasteiger charge is -2.32. The maximum Gasteiger partial charge on any atom is 0.253 e. The molecule has 3 nitrogen and oxygen atoms in total. The van der Waals surface area contributed by atoms with Gasteiger partial charge in [-0.2, -0.15) is 0 Å². The van der Waals surface area contributed by atoms with Crippen LogP contribution in [0.5, 0.6) is 0 Å². The van der Waals surface area contributed by atoms with Gasteiger partial charge in [-0.3, -0.25) is 4.79 Å². The van der Waals surface area contributed by atoms with Crippen LogP contribution in [0, 0.1) is 0 Å². The van der Waals surface area contributed by atoms with Crippen molar-refractivity contribution >= 4 is 5.91 Å². The summed E-state index contributed by atoms with van der Waals surface area (Å²) in [6.45, 7) is 9.74. The molecule has 0 bridgehead atoms. The Bertz CT molecular complexity index is 378. The smallest absolute Gasteiger partial charge is 0.253 e. The first-order chi connectivity index (χ1) is 9.20. The minimum Gasteiger partial charge on any atom is -0.336 e. The summed E-state index contributed by atoms with van der Waals surface area (Å²) >= 11 is 0. The number of aryl methyl sites for hydroxylation is 1. The van der Waals surface area contributed by atoms with Gasteiger partial charge >= 0.3 is 0 Å². The molecule has 0 radical (unpaired) electrons. The van der Waals surface area contributed by atoms with Crippen LogP contribution >= 0.6 is 0 Å². The van der Waals surface area contributed by atoms with Crippen LogP contribution in [0.2, 0.25) is 0 Å². The number of amides is 1. The van der Waals surface area contributed by atoms with Gasteiger partial charge in [0.15, 0.2) is 0 Å². The van der Waals surface area contributed by atoms with E-state index < -0.39 is 0 Å². The molecule has 0 aliphatic carbocycles. The van der Waals surface area contributed by atoms with Gasteiger partial charge < -0.3 is 9.80 Å². The molecule has 1 aromatic rings. The second-order valence-corrected chi connectivity index (χ2v) is 4.65. The largest absolute Gasteiger partial charge is 0.336 e. The Labute approximate surface area is 117 Å². The summed E-state index contributed by atoms with van der Waals surface area (Å²) in [6, 6.07) is 7.98. The van der Waals surface area contributed by atoms with Crippen molar-refractivity contribution in [2.24, 2.45) is 0 Å². The Morgan fingerprint density at radius 2 is 1.58 bits per heavy atom. The highest BCUT2D eigenvalue weighted by Gasteiger charge is 2.19. The first-order valence-corrected chi connectivity index (χ1v) is 7.27. The number of likely N-dealkylation sites (N-methyl/N-ethyl adjacent to an activating group) is 1. The molecule has 1 fully saturated rings. The van der Waals surface area contributed by atoms with Crippen molar-refractivity contribution in [1.82, 2.24) is 9.80 Å². The van der Waals surface area contributed by atoms with Crippen molar-refractivity contribution < 1.29 is 4.79 Å². The summed E-state index contributed by atoms with van der Waals surface area (Å²) < 4.78 is 0. The SMILES string of the molecule is CC.CCc1ccc(C(=O)N2CCN(C)CC2)cc1. The third-order valence-corrected chi connectivity index (χ3v) is 3.40. The van der Waals surface area contributed by atoms with Crippen molar-refractivity contribution in [3.8, 4) is 0 Å². The second kappa shape index (κ2) is 7.95. The summed E-state index contributed by atoms with van der Waals surface area (Å²) in [5.74, 6) is 0.167. The Kier molecular flexibility index (Phi) is 6.57. The zero-order valence-electron chi connectivity index (χ0n) is 12.6. The molecule has 2 rings (SSSR count). The molecule has 1 aliphatic rings. The van der Waals surface area contributed by atoms with E-state index in [4.69, 9.17) is 0 Å². The van der Waals surface area contributed by atoms with Crippen LogP contribution in [0.1, 0.15) is 36.7 Å². The van der Waals surface area contributed by atoms with Crippen molar-refractivity contribution in [2.45, 2.75) is 27.2 Å². The van der Waals surface area contributed by atoms with E-state index in [0.29, 0.717) is 0 Å². The normalized spacial score (nSPS) is 15.7. The number of hydrogen-bond acceptors (Lipinski definition) is 2. The highest BCUT2D eigenvalue weighted by Crippen LogP contribution is 2.10. The van der Waals surface area contributed by atoms with E-state index in [1.807, 2.05) is 43.0 Å². The van der Waals surface area contributed by atoms with Crippen molar-refractivity contribution in [3.63, 3.8) is 0 Å². The van der Waals surface area contributed by atoms with Gasteiger partial charge in [0.05, 0.1) is 0 Å². The van der Waals surface area contributed by atoms with E-state index in [0.717, 1.165) is 38.2 Å². The summed E-state index contributed by atoms with van der Waals surface area (Å²) in [4.78, 5) is 16.4. The third-order valence-electron chi connectivity index (χ3n) is 3.40. The molecule has 19 heavy (non-hydrogen) atoms. The Morgan fingerprint density at radius 1 is 1.05 bits per heavy atom. The van der Waals surface area contributed by atoms with Gasteiger partial charge in [0, 0.05) is 31.7 Å². The zero-order valence-corrected chi connectivity index (χ0v) is 12.6. The molecule has 1 aromatic carbocycles. The topological polar surface area (TPSA) is 23.6 Å². The van der Waals surface area contributed by atoms with Gasteiger partial charge in [-0.05, 0) is 31.2 Å². The number of piperazine rings is 1.